The third-order valence-electron chi connectivity index (χ3n) is 3.75. The predicted octanol–water partition coefficient (Wildman–Crippen LogP) is 3.90. The fourth-order valence-corrected chi connectivity index (χ4v) is 2.63. The Bertz CT molecular complexity index is 659. The Morgan fingerprint density at radius 2 is 1.83 bits per heavy atom. The molecule has 130 valence electrons. The van der Waals surface area contributed by atoms with Crippen molar-refractivity contribution in [1.29, 1.82) is 0 Å². The summed E-state index contributed by atoms with van der Waals surface area (Å²) < 4.78 is 12.5. The zero-order chi connectivity index (χ0) is 17.6. The van der Waals surface area contributed by atoms with Gasteiger partial charge in [0.25, 0.3) is 0 Å². The van der Waals surface area contributed by atoms with E-state index in [2.05, 4.69) is 21.2 Å². The maximum absolute atomic E-state index is 9.43. The number of nitrogens with one attached hydrogen (secondary N) is 1. The molecule has 0 radical (unpaired) electrons. The molecule has 0 aliphatic carbocycles. The van der Waals surface area contributed by atoms with Gasteiger partial charge in [-0.3, -0.25) is 0 Å². The first-order valence-electron chi connectivity index (χ1n) is 7.85. The first kappa shape index (κ1) is 18.8. The van der Waals surface area contributed by atoms with Gasteiger partial charge >= 0.3 is 0 Å². The molecule has 0 saturated carbocycles. The quantitative estimate of drug-likeness (QED) is 0.713. The highest BCUT2D eigenvalue weighted by Crippen LogP contribution is 2.37. The van der Waals surface area contributed by atoms with Gasteiger partial charge in [0.1, 0.15) is 6.61 Å². The molecule has 0 bridgehead atoms. The number of benzene rings is 2. The molecule has 2 rings (SSSR count). The van der Waals surface area contributed by atoms with Gasteiger partial charge in [-0.25, -0.2) is 0 Å². The summed E-state index contributed by atoms with van der Waals surface area (Å²) in [6, 6.07) is 13.8. The van der Waals surface area contributed by atoms with Gasteiger partial charge in [0, 0.05) is 22.1 Å². The van der Waals surface area contributed by atoms with E-state index in [0.717, 1.165) is 15.6 Å². The van der Waals surface area contributed by atoms with Gasteiger partial charge in [-0.2, -0.15) is 0 Å². The third kappa shape index (κ3) is 4.97. The second-order valence-corrected chi connectivity index (χ2v) is 7.08. The second kappa shape index (κ2) is 8.51. The average Bonchev–Trinajstić information content (AvgIpc) is 2.60. The lowest BCUT2D eigenvalue weighted by molar-refractivity contribution is 0.186. The van der Waals surface area contributed by atoms with Crippen molar-refractivity contribution in [1.82, 2.24) is 5.32 Å². The minimum Gasteiger partial charge on any atom is -0.493 e. The van der Waals surface area contributed by atoms with E-state index in [9.17, 15) is 5.11 Å². The van der Waals surface area contributed by atoms with E-state index in [4.69, 9.17) is 9.47 Å². The van der Waals surface area contributed by atoms with E-state index in [-0.39, 0.29) is 12.1 Å². The molecule has 24 heavy (non-hydrogen) atoms. The molecule has 0 amide bonds. The summed E-state index contributed by atoms with van der Waals surface area (Å²) in [5.41, 5.74) is 1.68. The van der Waals surface area contributed by atoms with Crippen molar-refractivity contribution in [3.63, 3.8) is 0 Å². The summed E-state index contributed by atoms with van der Waals surface area (Å²) in [7, 11) is 1.63. The molecule has 0 spiro atoms. The first-order chi connectivity index (χ1) is 11.5. The zero-order valence-corrected chi connectivity index (χ0v) is 15.9. The number of aliphatic hydroxyl groups is 1. The van der Waals surface area contributed by atoms with Crippen LogP contribution in [0.3, 0.4) is 0 Å². The van der Waals surface area contributed by atoms with Crippen molar-refractivity contribution < 1.29 is 14.6 Å². The Labute approximate surface area is 151 Å². The number of halogens is 1. The number of hydrogen-bond donors (Lipinski definition) is 2. The van der Waals surface area contributed by atoms with Crippen LogP contribution in [-0.4, -0.2) is 24.4 Å². The standard InChI is InChI=1S/C19H24BrNO3/c1-19(2,13-22)21-11-15-16(20)9-10-17(23-3)18(15)24-12-14-7-5-4-6-8-14/h4-10,21-22H,11-13H2,1-3H3. The van der Waals surface area contributed by atoms with Crippen LogP contribution in [0.5, 0.6) is 11.5 Å². The topological polar surface area (TPSA) is 50.7 Å². The van der Waals surface area contributed by atoms with E-state index in [1.807, 2.05) is 56.3 Å². The average molecular weight is 394 g/mol. The summed E-state index contributed by atoms with van der Waals surface area (Å²) in [6.07, 6.45) is 0. The van der Waals surface area contributed by atoms with Crippen molar-refractivity contribution >= 4 is 15.9 Å². The molecule has 2 aromatic rings. The van der Waals surface area contributed by atoms with E-state index in [1.54, 1.807) is 7.11 Å². The van der Waals surface area contributed by atoms with Crippen LogP contribution >= 0.6 is 15.9 Å². The Balaban J connectivity index is 2.24. The van der Waals surface area contributed by atoms with Crippen LogP contribution in [0, 0.1) is 0 Å². The molecule has 0 heterocycles. The lowest BCUT2D eigenvalue weighted by Gasteiger charge is -2.25. The Hall–Kier alpha value is -1.56. The van der Waals surface area contributed by atoms with Crippen molar-refractivity contribution in [2.24, 2.45) is 0 Å². The van der Waals surface area contributed by atoms with Crippen LogP contribution in [0.2, 0.25) is 0 Å². The Morgan fingerprint density at radius 3 is 2.46 bits per heavy atom. The second-order valence-electron chi connectivity index (χ2n) is 6.23. The zero-order valence-electron chi connectivity index (χ0n) is 14.3. The lowest BCUT2D eigenvalue weighted by atomic mass is 10.1. The van der Waals surface area contributed by atoms with Gasteiger partial charge in [0.15, 0.2) is 11.5 Å². The maximum Gasteiger partial charge on any atom is 0.167 e. The fraction of sp³-hybridized carbons (Fsp3) is 0.368. The monoisotopic (exact) mass is 393 g/mol. The van der Waals surface area contributed by atoms with Crippen LogP contribution in [0.15, 0.2) is 46.9 Å². The summed E-state index contributed by atoms with van der Waals surface area (Å²) >= 11 is 3.59. The van der Waals surface area contributed by atoms with Crippen LogP contribution in [0.25, 0.3) is 0 Å². The van der Waals surface area contributed by atoms with Crippen molar-refractivity contribution in [3.05, 3.63) is 58.1 Å². The van der Waals surface area contributed by atoms with E-state index in [1.165, 1.54) is 0 Å². The SMILES string of the molecule is COc1ccc(Br)c(CNC(C)(C)CO)c1OCc1ccccc1. The molecule has 4 nitrogen and oxygen atoms in total. The van der Waals surface area contributed by atoms with Gasteiger partial charge < -0.3 is 19.9 Å². The van der Waals surface area contributed by atoms with Gasteiger partial charge in [0.05, 0.1) is 13.7 Å². The number of hydrogen-bond acceptors (Lipinski definition) is 4. The van der Waals surface area contributed by atoms with Gasteiger partial charge in [-0.1, -0.05) is 46.3 Å². The highest BCUT2D eigenvalue weighted by Gasteiger charge is 2.20. The first-order valence-corrected chi connectivity index (χ1v) is 8.64. The molecule has 2 aromatic carbocycles. The third-order valence-corrected chi connectivity index (χ3v) is 4.50. The van der Waals surface area contributed by atoms with E-state index < -0.39 is 0 Å². The van der Waals surface area contributed by atoms with Crippen molar-refractivity contribution in [2.75, 3.05) is 13.7 Å². The molecule has 0 atom stereocenters. The van der Waals surface area contributed by atoms with Crippen molar-refractivity contribution in [3.8, 4) is 11.5 Å². The van der Waals surface area contributed by atoms with Gasteiger partial charge in [0.2, 0.25) is 0 Å². The van der Waals surface area contributed by atoms with Crippen LogP contribution in [-0.2, 0) is 13.2 Å². The minimum absolute atomic E-state index is 0.0504. The largest absolute Gasteiger partial charge is 0.493 e. The van der Waals surface area contributed by atoms with Crippen LogP contribution < -0.4 is 14.8 Å². The molecule has 0 fully saturated rings. The lowest BCUT2D eigenvalue weighted by Crippen LogP contribution is -2.42. The molecule has 0 aromatic heterocycles. The molecule has 2 N–H and O–H groups in total. The van der Waals surface area contributed by atoms with E-state index in [0.29, 0.717) is 24.7 Å². The molecule has 0 saturated heterocycles. The number of ether oxygens (including phenoxy) is 2. The summed E-state index contributed by atoms with van der Waals surface area (Å²) in [4.78, 5) is 0. The fourth-order valence-electron chi connectivity index (χ4n) is 2.18. The number of methoxy groups -OCH3 is 1. The molecular formula is C19H24BrNO3. The summed E-state index contributed by atoms with van der Waals surface area (Å²) in [6.45, 7) is 4.96. The van der Waals surface area contributed by atoms with Crippen molar-refractivity contribution in [2.45, 2.75) is 32.5 Å². The summed E-state index contributed by atoms with van der Waals surface area (Å²) in [5, 5.41) is 12.8. The number of rotatable bonds is 8. The van der Waals surface area contributed by atoms with Gasteiger partial charge in [-0.15, -0.1) is 0 Å². The molecule has 5 heteroatoms. The summed E-state index contributed by atoms with van der Waals surface area (Å²) in [5.74, 6) is 1.39. The minimum atomic E-state index is -0.376. The van der Waals surface area contributed by atoms with Crippen LogP contribution in [0.4, 0.5) is 0 Å². The number of aliphatic hydroxyl groups excluding tert-OH is 1. The highest BCUT2D eigenvalue weighted by molar-refractivity contribution is 9.10. The maximum atomic E-state index is 9.43. The Morgan fingerprint density at radius 1 is 1.12 bits per heavy atom. The predicted molar refractivity (Wildman–Crippen MR) is 99.5 cm³/mol. The van der Waals surface area contributed by atoms with E-state index >= 15 is 0 Å². The van der Waals surface area contributed by atoms with Gasteiger partial charge in [-0.05, 0) is 31.5 Å². The normalized spacial score (nSPS) is 11.4. The molecule has 0 unspecified atom stereocenters. The molecule has 0 aliphatic rings. The van der Waals surface area contributed by atoms with Crippen LogP contribution in [0.1, 0.15) is 25.0 Å². The molecule has 0 aliphatic heterocycles. The highest BCUT2D eigenvalue weighted by atomic mass is 79.9. The smallest absolute Gasteiger partial charge is 0.167 e. The molecular weight excluding hydrogens is 370 g/mol. The Kier molecular flexibility index (Phi) is 6.66.